The summed E-state index contributed by atoms with van der Waals surface area (Å²) in [6.07, 6.45) is 3.61. The van der Waals surface area contributed by atoms with Crippen molar-refractivity contribution in [2.45, 2.75) is 31.3 Å². The largest absolute Gasteiger partial charge is 0.379 e. The minimum atomic E-state index is -3.43. The maximum Gasteiger partial charge on any atom is 0.243 e. The first-order chi connectivity index (χ1) is 7.92. The first-order valence-corrected chi connectivity index (χ1v) is 7.00. The molecule has 1 aromatic rings. The summed E-state index contributed by atoms with van der Waals surface area (Å²) in [5, 5.41) is 3.82. The molecule has 98 valence electrons. The number of rotatable bonds is 7. The van der Waals surface area contributed by atoms with Crippen LogP contribution < -0.4 is 4.72 Å². The van der Waals surface area contributed by atoms with Gasteiger partial charge in [-0.2, -0.15) is 5.10 Å². The van der Waals surface area contributed by atoms with Crippen LogP contribution in [0.4, 0.5) is 0 Å². The Bertz CT molecular complexity index is 439. The second kappa shape index (κ2) is 6.13. The van der Waals surface area contributed by atoms with Gasteiger partial charge in [0, 0.05) is 26.4 Å². The fourth-order valence-corrected chi connectivity index (χ4v) is 2.28. The van der Waals surface area contributed by atoms with Crippen LogP contribution in [-0.2, 0) is 21.8 Å². The van der Waals surface area contributed by atoms with Crippen molar-refractivity contribution in [1.29, 1.82) is 0 Å². The number of nitrogens with zero attached hydrogens (tertiary/aromatic N) is 2. The van der Waals surface area contributed by atoms with E-state index in [-0.39, 0.29) is 11.0 Å². The van der Waals surface area contributed by atoms with E-state index in [1.54, 1.807) is 7.05 Å². The molecule has 0 aliphatic carbocycles. The quantitative estimate of drug-likeness (QED) is 0.726. The van der Waals surface area contributed by atoms with Crippen molar-refractivity contribution in [3.05, 3.63) is 12.4 Å². The van der Waals surface area contributed by atoms with Gasteiger partial charge in [0.25, 0.3) is 0 Å². The predicted octanol–water partition coefficient (Wildman–Crippen LogP) is 0.513. The van der Waals surface area contributed by atoms with Crippen LogP contribution in [-0.4, -0.2) is 37.5 Å². The van der Waals surface area contributed by atoms with Gasteiger partial charge in [0.2, 0.25) is 10.0 Å². The topological polar surface area (TPSA) is 73.2 Å². The summed E-state index contributed by atoms with van der Waals surface area (Å²) in [4.78, 5) is 0.185. The first kappa shape index (κ1) is 14.1. The van der Waals surface area contributed by atoms with Crippen molar-refractivity contribution < 1.29 is 13.2 Å². The van der Waals surface area contributed by atoms with E-state index in [1.165, 1.54) is 17.1 Å². The number of hydrogen-bond donors (Lipinski definition) is 1. The Balaban J connectivity index is 2.36. The number of hydrogen-bond acceptors (Lipinski definition) is 4. The first-order valence-electron chi connectivity index (χ1n) is 5.52. The van der Waals surface area contributed by atoms with Gasteiger partial charge in [-0.15, -0.1) is 0 Å². The van der Waals surface area contributed by atoms with Gasteiger partial charge in [-0.25, -0.2) is 13.1 Å². The number of ether oxygens (including phenoxy) is 1. The lowest BCUT2D eigenvalue weighted by Crippen LogP contribution is -2.25. The van der Waals surface area contributed by atoms with Crippen molar-refractivity contribution in [3.8, 4) is 0 Å². The fraction of sp³-hybridized carbons (Fsp3) is 0.700. The zero-order valence-corrected chi connectivity index (χ0v) is 11.2. The molecule has 0 aromatic carbocycles. The van der Waals surface area contributed by atoms with Crippen molar-refractivity contribution in [1.82, 2.24) is 14.5 Å². The normalized spacial score (nSPS) is 12.2. The molecule has 6 nitrogen and oxygen atoms in total. The molecule has 1 heterocycles. The number of sulfonamides is 1. The van der Waals surface area contributed by atoms with Gasteiger partial charge in [-0.05, 0) is 20.3 Å². The number of aryl methyl sites for hydroxylation is 1. The van der Waals surface area contributed by atoms with E-state index >= 15 is 0 Å². The van der Waals surface area contributed by atoms with E-state index in [4.69, 9.17) is 4.74 Å². The molecule has 1 rings (SSSR count). The summed E-state index contributed by atoms with van der Waals surface area (Å²) in [6.45, 7) is 4.80. The molecule has 0 radical (unpaired) electrons. The zero-order valence-electron chi connectivity index (χ0n) is 10.4. The molecule has 7 heteroatoms. The molecule has 1 aromatic heterocycles. The van der Waals surface area contributed by atoms with E-state index in [0.717, 1.165) is 0 Å². The van der Waals surface area contributed by atoms with Crippen LogP contribution in [0.5, 0.6) is 0 Å². The molecule has 0 fully saturated rings. The SMILES string of the molecule is CC(C)OCCCNS(=O)(=O)c1cnn(C)c1. The summed E-state index contributed by atoms with van der Waals surface area (Å²) in [7, 11) is -1.75. The second-order valence-electron chi connectivity index (χ2n) is 4.02. The molecule has 0 unspecified atom stereocenters. The van der Waals surface area contributed by atoms with Crippen LogP contribution in [0.2, 0.25) is 0 Å². The lowest BCUT2D eigenvalue weighted by atomic mass is 10.4. The predicted molar refractivity (Wildman–Crippen MR) is 64.1 cm³/mol. The molecule has 0 saturated carbocycles. The molecule has 0 bridgehead atoms. The molecule has 0 saturated heterocycles. The number of nitrogens with one attached hydrogen (secondary N) is 1. The Kier molecular flexibility index (Phi) is 5.10. The maximum atomic E-state index is 11.7. The van der Waals surface area contributed by atoms with Gasteiger partial charge >= 0.3 is 0 Å². The van der Waals surface area contributed by atoms with Gasteiger partial charge in [-0.3, -0.25) is 4.68 Å². The third-order valence-corrected chi connectivity index (χ3v) is 3.47. The van der Waals surface area contributed by atoms with Crippen LogP contribution in [0.3, 0.4) is 0 Å². The van der Waals surface area contributed by atoms with Crippen molar-refractivity contribution >= 4 is 10.0 Å². The molecule has 0 spiro atoms. The second-order valence-corrected chi connectivity index (χ2v) is 5.79. The van der Waals surface area contributed by atoms with Gasteiger partial charge in [0.1, 0.15) is 4.90 Å². The lowest BCUT2D eigenvalue weighted by molar-refractivity contribution is 0.0778. The smallest absolute Gasteiger partial charge is 0.243 e. The molecule has 0 amide bonds. The Morgan fingerprint density at radius 1 is 1.53 bits per heavy atom. The van der Waals surface area contributed by atoms with Gasteiger partial charge < -0.3 is 4.74 Å². The van der Waals surface area contributed by atoms with Crippen LogP contribution in [0.15, 0.2) is 17.3 Å². The molecule has 17 heavy (non-hydrogen) atoms. The highest BCUT2D eigenvalue weighted by Crippen LogP contribution is 2.05. The van der Waals surface area contributed by atoms with Crippen LogP contribution in [0.1, 0.15) is 20.3 Å². The third kappa shape index (κ3) is 4.84. The fourth-order valence-electron chi connectivity index (χ4n) is 1.22. The highest BCUT2D eigenvalue weighted by Gasteiger charge is 2.14. The zero-order chi connectivity index (χ0) is 12.9. The van der Waals surface area contributed by atoms with Gasteiger partial charge in [0.05, 0.1) is 12.3 Å². The number of aromatic nitrogens is 2. The summed E-state index contributed by atoms with van der Waals surface area (Å²) >= 11 is 0. The standard InChI is InChI=1S/C10H19N3O3S/c1-9(2)16-6-4-5-12-17(14,15)10-7-11-13(3)8-10/h7-9,12H,4-6H2,1-3H3. The van der Waals surface area contributed by atoms with Crippen LogP contribution in [0.25, 0.3) is 0 Å². The van der Waals surface area contributed by atoms with Crippen LogP contribution in [0, 0.1) is 0 Å². The highest BCUT2D eigenvalue weighted by molar-refractivity contribution is 7.89. The molecule has 0 aliphatic heterocycles. The van der Waals surface area contributed by atoms with Crippen molar-refractivity contribution in [3.63, 3.8) is 0 Å². The molecule has 1 N–H and O–H groups in total. The van der Waals surface area contributed by atoms with Crippen molar-refractivity contribution in [2.24, 2.45) is 7.05 Å². The Hall–Kier alpha value is -0.920. The van der Waals surface area contributed by atoms with Gasteiger partial charge in [0.15, 0.2) is 0 Å². The Morgan fingerprint density at radius 3 is 2.76 bits per heavy atom. The average Bonchev–Trinajstić information content (AvgIpc) is 2.64. The van der Waals surface area contributed by atoms with Crippen molar-refractivity contribution in [2.75, 3.05) is 13.2 Å². The van der Waals surface area contributed by atoms with E-state index in [0.29, 0.717) is 19.6 Å². The summed E-state index contributed by atoms with van der Waals surface area (Å²) in [5.74, 6) is 0. The Labute approximate surface area is 102 Å². The van der Waals surface area contributed by atoms with E-state index < -0.39 is 10.0 Å². The monoisotopic (exact) mass is 261 g/mol. The Morgan fingerprint density at radius 2 is 2.24 bits per heavy atom. The minimum absolute atomic E-state index is 0.171. The summed E-state index contributed by atoms with van der Waals surface area (Å²) in [5.41, 5.74) is 0. The lowest BCUT2D eigenvalue weighted by Gasteiger charge is -2.07. The third-order valence-electron chi connectivity index (χ3n) is 2.06. The molecular formula is C10H19N3O3S. The molecular weight excluding hydrogens is 242 g/mol. The summed E-state index contributed by atoms with van der Waals surface area (Å²) < 4.78 is 32.7. The highest BCUT2D eigenvalue weighted by atomic mass is 32.2. The van der Waals surface area contributed by atoms with Crippen LogP contribution >= 0.6 is 0 Å². The van der Waals surface area contributed by atoms with Gasteiger partial charge in [-0.1, -0.05) is 0 Å². The minimum Gasteiger partial charge on any atom is -0.379 e. The average molecular weight is 261 g/mol. The summed E-state index contributed by atoms with van der Waals surface area (Å²) in [6, 6.07) is 0. The van der Waals surface area contributed by atoms with E-state index in [9.17, 15) is 8.42 Å². The van der Waals surface area contributed by atoms with E-state index in [2.05, 4.69) is 9.82 Å². The molecule has 0 aliphatic rings. The molecule has 0 atom stereocenters. The maximum absolute atomic E-state index is 11.7. The van der Waals surface area contributed by atoms with E-state index in [1.807, 2.05) is 13.8 Å².